The van der Waals surface area contributed by atoms with Crippen molar-refractivity contribution >= 4 is 5.97 Å². The van der Waals surface area contributed by atoms with Gasteiger partial charge >= 0.3 is 5.97 Å². The number of aryl methyl sites for hydroxylation is 1. The standard InChI is InChI=1S/C13H16O2/c1-15-13(14)9-10-6-7-11-4-2-3-5-12(11)8-10/h2-5,10H,6-9H2,1H3. The Morgan fingerprint density at radius 2 is 2.13 bits per heavy atom. The van der Waals surface area contributed by atoms with Crippen LogP contribution in [-0.4, -0.2) is 13.1 Å². The first-order valence-corrected chi connectivity index (χ1v) is 5.43. The highest BCUT2D eigenvalue weighted by Crippen LogP contribution is 2.27. The van der Waals surface area contributed by atoms with Crippen molar-refractivity contribution in [3.8, 4) is 0 Å². The highest BCUT2D eigenvalue weighted by Gasteiger charge is 2.20. The molecular formula is C13H16O2. The molecule has 0 aromatic heterocycles. The van der Waals surface area contributed by atoms with Crippen molar-refractivity contribution in [1.82, 2.24) is 0 Å². The van der Waals surface area contributed by atoms with Crippen LogP contribution in [0.3, 0.4) is 0 Å². The lowest BCUT2D eigenvalue weighted by Crippen LogP contribution is -2.18. The van der Waals surface area contributed by atoms with E-state index in [9.17, 15) is 4.79 Å². The molecule has 1 aliphatic carbocycles. The first-order chi connectivity index (χ1) is 7.29. The van der Waals surface area contributed by atoms with Gasteiger partial charge in [0, 0.05) is 6.42 Å². The molecule has 2 nitrogen and oxygen atoms in total. The van der Waals surface area contributed by atoms with Gasteiger partial charge in [-0.3, -0.25) is 4.79 Å². The quantitative estimate of drug-likeness (QED) is 0.691. The molecule has 2 rings (SSSR count). The summed E-state index contributed by atoms with van der Waals surface area (Å²) in [5.74, 6) is 0.381. The fourth-order valence-corrected chi connectivity index (χ4v) is 2.27. The molecule has 15 heavy (non-hydrogen) atoms. The molecule has 0 saturated heterocycles. The number of carbonyl (C=O) groups excluding carboxylic acids is 1. The van der Waals surface area contributed by atoms with Crippen LogP contribution in [0.1, 0.15) is 24.0 Å². The third-order valence-corrected chi connectivity index (χ3v) is 3.13. The van der Waals surface area contributed by atoms with Crippen LogP contribution in [0.15, 0.2) is 24.3 Å². The number of methoxy groups -OCH3 is 1. The summed E-state index contributed by atoms with van der Waals surface area (Å²) in [4.78, 5) is 11.2. The van der Waals surface area contributed by atoms with Crippen LogP contribution in [-0.2, 0) is 22.4 Å². The Bertz CT molecular complexity index is 357. The normalized spacial score (nSPS) is 19.4. The molecular weight excluding hydrogens is 188 g/mol. The Balaban J connectivity index is 2.02. The summed E-state index contributed by atoms with van der Waals surface area (Å²) in [7, 11) is 1.46. The molecule has 1 atom stereocenters. The Kier molecular flexibility index (Phi) is 3.05. The van der Waals surface area contributed by atoms with Gasteiger partial charge in [0.25, 0.3) is 0 Å². The smallest absolute Gasteiger partial charge is 0.305 e. The van der Waals surface area contributed by atoms with Gasteiger partial charge in [-0.15, -0.1) is 0 Å². The van der Waals surface area contributed by atoms with Crippen molar-refractivity contribution in [2.45, 2.75) is 25.7 Å². The summed E-state index contributed by atoms with van der Waals surface area (Å²) < 4.78 is 4.70. The van der Waals surface area contributed by atoms with Crippen molar-refractivity contribution in [1.29, 1.82) is 0 Å². The van der Waals surface area contributed by atoms with Gasteiger partial charge in [-0.1, -0.05) is 24.3 Å². The molecule has 0 heterocycles. The predicted molar refractivity (Wildman–Crippen MR) is 58.6 cm³/mol. The van der Waals surface area contributed by atoms with E-state index >= 15 is 0 Å². The Hall–Kier alpha value is -1.31. The van der Waals surface area contributed by atoms with E-state index in [0.29, 0.717) is 12.3 Å². The number of carbonyl (C=O) groups is 1. The second-order valence-corrected chi connectivity index (χ2v) is 4.16. The highest BCUT2D eigenvalue weighted by atomic mass is 16.5. The van der Waals surface area contributed by atoms with E-state index in [2.05, 4.69) is 24.3 Å². The minimum Gasteiger partial charge on any atom is -0.469 e. The first-order valence-electron chi connectivity index (χ1n) is 5.43. The van der Waals surface area contributed by atoms with E-state index in [1.165, 1.54) is 18.2 Å². The number of esters is 1. The van der Waals surface area contributed by atoms with Gasteiger partial charge in [0.05, 0.1) is 7.11 Å². The zero-order valence-electron chi connectivity index (χ0n) is 9.03. The minimum absolute atomic E-state index is 0.0839. The van der Waals surface area contributed by atoms with Gasteiger partial charge in [-0.2, -0.15) is 0 Å². The van der Waals surface area contributed by atoms with Gasteiger partial charge in [0.1, 0.15) is 0 Å². The lowest BCUT2D eigenvalue weighted by molar-refractivity contribution is -0.141. The summed E-state index contributed by atoms with van der Waals surface area (Å²) in [5, 5.41) is 0. The zero-order valence-corrected chi connectivity index (χ0v) is 9.03. The van der Waals surface area contributed by atoms with Crippen molar-refractivity contribution < 1.29 is 9.53 Å². The second-order valence-electron chi connectivity index (χ2n) is 4.16. The molecule has 1 aromatic rings. The summed E-state index contributed by atoms with van der Waals surface area (Å²) in [6.07, 6.45) is 3.78. The van der Waals surface area contributed by atoms with Crippen LogP contribution < -0.4 is 0 Å². The van der Waals surface area contributed by atoms with Gasteiger partial charge in [0.2, 0.25) is 0 Å². The van der Waals surface area contributed by atoms with E-state index in [1.807, 2.05) is 0 Å². The molecule has 0 N–H and O–H groups in total. The molecule has 0 fully saturated rings. The van der Waals surface area contributed by atoms with Gasteiger partial charge in [0.15, 0.2) is 0 Å². The van der Waals surface area contributed by atoms with E-state index < -0.39 is 0 Å². The fourth-order valence-electron chi connectivity index (χ4n) is 2.27. The topological polar surface area (TPSA) is 26.3 Å². The number of fused-ring (bicyclic) bond motifs is 1. The van der Waals surface area contributed by atoms with Crippen molar-refractivity contribution in [3.63, 3.8) is 0 Å². The van der Waals surface area contributed by atoms with Gasteiger partial charge in [-0.05, 0) is 36.3 Å². The van der Waals surface area contributed by atoms with Crippen LogP contribution in [0, 0.1) is 5.92 Å². The van der Waals surface area contributed by atoms with Crippen molar-refractivity contribution in [2.75, 3.05) is 7.11 Å². The molecule has 0 radical (unpaired) electrons. The average Bonchev–Trinajstić information content (AvgIpc) is 2.29. The molecule has 1 unspecified atom stereocenters. The third-order valence-electron chi connectivity index (χ3n) is 3.13. The first kappa shape index (κ1) is 10.2. The molecule has 0 saturated carbocycles. The summed E-state index contributed by atoms with van der Waals surface area (Å²) >= 11 is 0. The number of rotatable bonds is 2. The molecule has 0 amide bonds. The maximum Gasteiger partial charge on any atom is 0.305 e. The number of hydrogen-bond acceptors (Lipinski definition) is 2. The van der Waals surface area contributed by atoms with E-state index in [4.69, 9.17) is 4.74 Å². The van der Waals surface area contributed by atoms with Gasteiger partial charge < -0.3 is 4.74 Å². The number of benzene rings is 1. The number of hydrogen-bond donors (Lipinski definition) is 0. The molecule has 0 bridgehead atoms. The van der Waals surface area contributed by atoms with E-state index in [0.717, 1.165) is 19.3 Å². The van der Waals surface area contributed by atoms with Crippen molar-refractivity contribution in [3.05, 3.63) is 35.4 Å². The van der Waals surface area contributed by atoms with E-state index in [1.54, 1.807) is 0 Å². The molecule has 80 valence electrons. The Morgan fingerprint density at radius 3 is 2.87 bits per heavy atom. The Morgan fingerprint density at radius 1 is 1.40 bits per heavy atom. The van der Waals surface area contributed by atoms with Crippen molar-refractivity contribution in [2.24, 2.45) is 5.92 Å². The molecule has 2 heteroatoms. The lowest BCUT2D eigenvalue weighted by atomic mass is 9.82. The summed E-state index contributed by atoms with van der Waals surface area (Å²) in [5.41, 5.74) is 2.84. The molecule has 1 aromatic carbocycles. The zero-order chi connectivity index (χ0) is 10.7. The number of ether oxygens (including phenoxy) is 1. The predicted octanol–water partition coefficient (Wildman–Crippen LogP) is 2.35. The summed E-state index contributed by atoms with van der Waals surface area (Å²) in [6, 6.07) is 8.50. The van der Waals surface area contributed by atoms with Crippen LogP contribution in [0.25, 0.3) is 0 Å². The van der Waals surface area contributed by atoms with Crippen LogP contribution in [0.5, 0.6) is 0 Å². The average molecular weight is 204 g/mol. The molecule has 1 aliphatic rings. The van der Waals surface area contributed by atoms with E-state index in [-0.39, 0.29) is 5.97 Å². The maximum absolute atomic E-state index is 11.2. The van der Waals surface area contributed by atoms with Crippen LogP contribution in [0.4, 0.5) is 0 Å². The second kappa shape index (κ2) is 4.47. The lowest BCUT2D eigenvalue weighted by Gasteiger charge is -2.23. The summed E-state index contributed by atoms with van der Waals surface area (Å²) in [6.45, 7) is 0. The highest BCUT2D eigenvalue weighted by molar-refractivity contribution is 5.69. The largest absolute Gasteiger partial charge is 0.469 e. The molecule has 0 aliphatic heterocycles. The Labute approximate surface area is 90.3 Å². The monoisotopic (exact) mass is 204 g/mol. The van der Waals surface area contributed by atoms with Gasteiger partial charge in [-0.25, -0.2) is 0 Å². The fraction of sp³-hybridized carbons (Fsp3) is 0.462. The SMILES string of the molecule is COC(=O)CC1CCc2ccccc2C1. The van der Waals surface area contributed by atoms with Crippen LogP contribution in [0.2, 0.25) is 0 Å². The van der Waals surface area contributed by atoms with Crippen LogP contribution >= 0.6 is 0 Å². The minimum atomic E-state index is -0.0839. The molecule has 0 spiro atoms. The maximum atomic E-state index is 11.2. The third kappa shape index (κ3) is 2.38.